The first kappa shape index (κ1) is 12.3. The van der Waals surface area contributed by atoms with Gasteiger partial charge in [-0.15, -0.1) is 0 Å². The number of rotatable bonds is 0. The highest BCUT2D eigenvalue weighted by Crippen LogP contribution is 2.34. The molecule has 0 spiro atoms. The molecule has 1 atom stereocenters. The average Bonchev–Trinajstić information content (AvgIpc) is 1.99. The van der Waals surface area contributed by atoms with Crippen molar-refractivity contribution in [2.45, 2.75) is 53.5 Å². The third-order valence-electron chi connectivity index (χ3n) is 2.97. The van der Waals surface area contributed by atoms with Gasteiger partial charge in [0.15, 0.2) is 0 Å². The summed E-state index contributed by atoms with van der Waals surface area (Å²) in [7, 11) is 0. The average molecular weight is 209 g/mol. The van der Waals surface area contributed by atoms with Gasteiger partial charge in [-0.25, -0.2) is 0 Å². The molecule has 0 aromatic rings. The second-order valence-corrected chi connectivity index (χ2v) is 6.45. The van der Waals surface area contributed by atoms with E-state index in [1.807, 2.05) is 11.1 Å². The minimum absolute atomic E-state index is 0.101. The van der Waals surface area contributed by atoms with Gasteiger partial charge in [0.1, 0.15) is 0 Å². The van der Waals surface area contributed by atoms with Gasteiger partial charge < -0.3 is 4.90 Å². The van der Waals surface area contributed by atoms with E-state index in [0.29, 0.717) is 12.3 Å². The molecule has 1 unspecified atom stereocenters. The first-order valence-corrected chi connectivity index (χ1v) is 5.63. The largest absolute Gasteiger partial charge is 0.314 e. The molecule has 86 valence electrons. The maximum Gasteiger partial charge on any atom is 0.227 e. The van der Waals surface area contributed by atoms with Crippen molar-refractivity contribution < 1.29 is 4.79 Å². The predicted molar refractivity (Wildman–Crippen MR) is 63.3 cm³/mol. The Hall–Kier alpha value is -0.790. The standard InChI is InChI=1S/C13H23NO/c1-12(2,3)10-7-8-14(11(15)9-10)13(4,5)6/h7-8,10H,9H2,1-6H3. The lowest BCUT2D eigenvalue weighted by molar-refractivity contribution is -0.134. The maximum absolute atomic E-state index is 12.0. The molecule has 1 aliphatic rings. The van der Waals surface area contributed by atoms with Crippen molar-refractivity contribution in [1.29, 1.82) is 0 Å². The smallest absolute Gasteiger partial charge is 0.227 e. The summed E-state index contributed by atoms with van der Waals surface area (Å²) >= 11 is 0. The van der Waals surface area contributed by atoms with Gasteiger partial charge in [-0.2, -0.15) is 0 Å². The van der Waals surface area contributed by atoms with Crippen molar-refractivity contribution in [3.8, 4) is 0 Å². The molecular weight excluding hydrogens is 186 g/mol. The van der Waals surface area contributed by atoms with E-state index in [2.05, 4.69) is 47.6 Å². The van der Waals surface area contributed by atoms with Crippen LogP contribution in [0.4, 0.5) is 0 Å². The summed E-state index contributed by atoms with van der Waals surface area (Å²) < 4.78 is 0. The van der Waals surface area contributed by atoms with Gasteiger partial charge in [0.05, 0.1) is 0 Å². The van der Waals surface area contributed by atoms with Crippen molar-refractivity contribution >= 4 is 5.91 Å². The topological polar surface area (TPSA) is 20.3 Å². The van der Waals surface area contributed by atoms with E-state index in [0.717, 1.165) is 0 Å². The van der Waals surface area contributed by atoms with Gasteiger partial charge in [-0.3, -0.25) is 4.79 Å². The molecule has 0 N–H and O–H groups in total. The number of allylic oxidation sites excluding steroid dienone is 1. The minimum atomic E-state index is -0.101. The van der Waals surface area contributed by atoms with Crippen LogP contribution in [0, 0.1) is 11.3 Å². The van der Waals surface area contributed by atoms with Crippen molar-refractivity contribution in [2.24, 2.45) is 11.3 Å². The SMILES string of the molecule is CC(C)(C)C1C=CN(C(C)(C)C)C(=O)C1. The van der Waals surface area contributed by atoms with Crippen LogP contribution in [0.2, 0.25) is 0 Å². The second kappa shape index (κ2) is 3.66. The lowest BCUT2D eigenvalue weighted by Gasteiger charge is -2.39. The Bertz CT molecular complexity index is 278. The lowest BCUT2D eigenvalue weighted by Crippen LogP contribution is -2.45. The number of nitrogens with zero attached hydrogens (tertiary/aromatic N) is 1. The number of amides is 1. The fraction of sp³-hybridized carbons (Fsp3) is 0.769. The molecular formula is C13H23NO. The van der Waals surface area contributed by atoms with Crippen LogP contribution in [0.3, 0.4) is 0 Å². The van der Waals surface area contributed by atoms with E-state index in [9.17, 15) is 4.79 Å². The zero-order chi connectivity index (χ0) is 11.9. The van der Waals surface area contributed by atoms with Gasteiger partial charge in [0, 0.05) is 18.2 Å². The van der Waals surface area contributed by atoms with E-state index >= 15 is 0 Å². The molecule has 0 saturated heterocycles. The molecule has 1 amide bonds. The fourth-order valence-electron chi connectivity index (χ4n) is 1.82. The van der Waals surface area contributed by atoms with Crippen molar-refractivity contribution in [3.05, 3.63) is 12.3 Å². The third-order valence-corrected chi connectivity index (χ3v) is 2.97. The molecule has 2 heteroatoms. The van der Waals surface area contributed by atoms with Crippen LogP contribution < -0.4 is 0 Å². The number of carbonyl (C=O) groups is 1. The summed E-state index contributed by atoms with van der Waals surface area (Å²) in [5.41, 5.74) is 0.0760. The van der Waals surface area contributed by atoms with Gasteiger partial charge in [-0.1, -0.05) is 26.8 Å². The zero-order valence-electron chi connectivity index (χ0n) is 10.8. The van der Waals surface area contributed by atoms with E-state index in [4.69, 9.17) is 0 Å². The maximum atomic E-state index is 12.0. The molecule has 0 bridgehead atoms. The molecule has 2 nitrogen and oxygen atoms in total. The molecule has 1 rings (SSSR count). The highest BCUT2D eigenvalue weighted by molar-refractivity contribution is 5.79. The van der Waals surface area contributed by atoms with E-state index < -0.39 is 0 Å². The van der Waals surface area contributed by atoms with E-state index in [-0.39, 0.29) is 16.9 Å². The van der Waals surface area contributed by atoms with Crippen molar-refractivity contribution in [1.82, 2.24) is 4.90 Å². The number of carbonyl (C=O) groups excluding carboxylic acids is 1. The summed E-state index contributed by atoms with van der Waals surface area (Å²) in [6, 6.07) is 0. The molecule has 0 saturated carbocycles. The molecule has 0 fully saturated rings. The second-order valence-electron chi connectivity index (χ2n) is 6.45. The molecule has 0 radical (unpaired) electrons. The monoisotopic (exact) mass is 209 g/mol. The number of hydrogen-bond acceptors (Lipinski definition) is 1. The van der Waals surface area contributed by atoms with Crippen molar-refractivity contribution in [3.63, 3.8) is 0 Å². The Labute approximate surface area is 93.3 Å². The van der Waals surface area contributed by atoms with Crippen LogP contribution in [0.1, 0.15) is 48.0 Å². The van der Waals surface area contributed by atoms with Crippen LogP contribution in [0.15, 0.2) is 12.3 Å². The van der Waals surface area contributed by atoms with Crippen LogP contribution in [0.5, 0.6) is 0 Å². The lowest BCUT2D eigenvalue weighted by atomic mass is 9.77. The normalized spacial score (nSPS) is 23.5. The van der Waals surface area contributed by atoms with Crippen LogP contribution >= 0.6 is 0 Å². The Morgan fingerprint density at radius 1 is 1.20 bits per heavy atom. The highest BCUT2D eigenvalue weighted by atomic mass is 16.2. The molecule has 1 aliphatic heterocycles. The summed E-state index contributed by atoms with van der Waals surface area (Å²) in [6.07, 6.45) is 4.77. The summed E-state index contributed by atoms with van der Waals surface area (Å²) in [5, 5.41) is 0. The van der Waals surface area contributed by atoms with Gasteiger partial charge in [0.2, 0.25) is 5.91 Å². The van der Waals surface area contributed by atoms with Crippen LogP contribution in [0.25, 0.3) is 0 Å². The quantitative estimate of drug-likeness (QED) is 0.600. The summed E-state index contributed by atoms with van der Waals surface area (Å²) in [5.74, 6) is 0.605. The van der Waals surface area contributed by atoms with E-state index in [1.54, 1.807) is 0 Å². The van der Waals surface area contributed by atoms with Gasteiger partial charge >= 0.3 is 0 Å². The molecule has 15 heavy (non-hydrogen) atoms. The summed E-state index contributed by atoms with van der Waals surface area (Å²) in [6.45, 7) is 12.7. The number of hydrogen-bond donors (Lipinski definition) is 0. The molecule has 1 heterocycles. The molecule has 0 aliphatic carbocycles. The van der Waals surface area contributed by atoms with Crippen molar-refractivity contribution in [2.75, 3.05) is 0 Å². The Kier molecular flexibility index (Phi) is 2.99. The molecule has 0 aromatic heterocycles. The molecule has 0 aromatic carbocycles. The minimum Gasteiger partial charge on any atom is -0.314 e. The first-order chi connectivity index (χ1) is 6.62. The Morgan fingerprint density at radius 3 is 2.07 bits per heavy atom. The Balaban J connectivity index is 2.86. The van der Waals surface area contributed by atoms with Gasteiger partial charge in [-0.05, 0) is 32.1 Å². The van der Waals surface area contributed by atoms with Crippen LogP contribution in [-0.4, -0.2) is 16.3 Å². The Morgan fingerprint density at radius 2 is 1.73 bits per heavy atom. The summed E-state index contributed by atoms with van der Waals surface area (Å²) in [4.78, 5) is 13.8. The predicted octanol–water partition coefficient (Wildman–Crippen LogP) is 3.19. The van der Waals surface area contributed by atoms with E-state index in [1.165, 1.54) is 0 Å². The van der Waals surface area contributed by atoms with Crippen LogP contribution in [-0.2, 0) is 4.79 Å². The first-order valence-electron chi connectivity index (χ1n) is 5.63. The zero-order valence-corrected chi connectivity index (χ0v) is 10.8. The third kappa shape index (κ3) is 2.83. The fourth-order valence-corrected chi connectivity index (χ4v) is 1.82. The van der Waals surface area contributed by atoms with Gasteiger partial charge in [0.25, 0.3) is 0 Å². The highest BCUT2D eigenvalue weighted by Gasteiger charge is 2.33.